The zero-order valence-corrected chi connectivity index (χ0v) is 16.4. The maximum Gasteiger partial charge on any atom is 0.336 e. The number of fused-ring (bicyclic) bond motifs is 3. The lowest BCUT2D eigenvalue weighted by atomic mass is 9.69. The Balaban J connectivity index is 2.17. The molecule has 0 aromatic heterocycles. The number of allylic oxidation sites excluding steroid dienone is 3. The Labute approximate surface area is 181 Å². The van der Waals surface area contributed by atoms with Gasteiger partial charge in [-0.2, -0.15) is 0 Å². The fourth-order valence-electron chi connectivity index (χ4n) is 4.44. The molecular formula is C24H16O8. The Bertz CT molecular complexity index is 1310. The molecule has 2 aromatic rings. The molecule has 2 aliphatic carbocycles. The number of aliphatic carboxylic acids is 2. The van der Waals surface area contributed by atoms with Gasteiger partial charge >= 0.3 is 23.9 Å². The van der Waals surface area contributed by atoms with Crippen molar-refractivity contribution in [1.82, 2.24) is 0 Å². The molecule has 0 saturated heterocycles. The van der Waals surface area contributed by atoms with Crippen LogP contribution in [-0.2, 0) is 9.59 Å². The van der Waals surface area contributed by atoms with Crippen molar-refractivity contribution >= 4 is 23.9 Å². The lowest BCUT2D eigenvalue weighted by Crippen LogP contribution is -2.21. The highest BCUT2D eigenvalue weighted by molar-refractivity contribution is 6.06. The van der Waals surface area contributed by atoms with E-state index in [1.807, 2.05) is 0 Å². The van der Waals surface area contributed by atoms with Crippen LogP contribution in [0.25, 0.3) is 0 Å². The van der Waals surface area contributed by atoms with Crippen LogP contribution in [-0.4, -0.2) is 44.3 Å². The lowest BCUT2D eigenvalue weighted by Gasteiger charge is -2.33. The molecule has 0 saturated carbocycles. The van der Waals surface area contributed by atoms with Gasteiger partial charge in [-0.25, -0.2) is 19.2 Å². The van der Waals surface area contributed by atoms with E-state index in [2.05, 4.69) is 6.58 Å². The topological polar surface area (TPSA) is 149 Å². The van der Waals surface area contributed by atoms with Gasteiger partial charge in [0.2, 0.25) is 0 Å². The van der Waals surface area contributed by atoms with E-state index in [4.69, 9.17) is 0 Å². The molecule has 160 valence electrons. The molecular weight excluding hydrogens is 416 g/mol. The van der Waals surface area contributed by atoms with E-state index >= 15 is 0 Å². The number of aromatic carboxylic acids is 2. The third kappa shape index (κ3) is 3.09. The number of benzene rings is 2. The summed E-state index contributed by atoms with van der Waals surface area (Å²) in [6.45, 7) is 3.97. The fraction of sp³-hybridized carbons (Fsp3) is 0.0833. The van der Waals surface area contributed by atoms with Crippen molar-refractivity contribution in [2.75, 3.05) is 0 Å². The SMILES string of the molecule is C=C1/C=C(C(=O)O)\C(C(=O)O)=C/C2c3ccccc3C1c1cc(C(=O)O)c(C(=O)O)cc12. The van der Waals surface area contributed by atoms with Crippen molar-refractivity contribution < 1.29 is 39.6 Å². The molecule has 8 heteroatoms. The Morgan fingerprint density at radius 1 is 0.688 bits per heavy atom. The van der Waals surface area contributed by atoms with Gasteiger partial charge in [0.05, 0.1) is 22.3 Å². The van der Waals surface area contributed by atoms with Crippen molar-refractivity contribution in [2.45, 2.75) is 11.8 Å². The first-order chi connectivity index (χ1) is 15.1. The van der Waals surface area contributed by atoms with E-state index in [-0.39, 0.29) is 5.57 Å². The van der Waals surface area contributed by atoms with E-state index in [0.717, 1.165) is 0 Å². The summed E-state index contributed by atoms with van der Waals surface area (Å²) >= 11 is 0. The van der Waals surface area contributed by atoms with Crippen LogP contribution in [0.2, 0.25) is 0 Å². The summed E-state index contributed by atoms with van der Waals surface area (Å²) in [6.07, 6.45) is 2.44. The smallest absolute Gasteiger partial charge is 0.336 e. The number of carboxylic acids is 4. The van der Waals surface area contributed by atoms with Crippen LogP contribution in [0.3, 0.4) is 0 Å². The van der Waals surface area contributed by atoms with Crippen LogP contribution in [0, 0.1) is 0 Å². The third-order valence-corrected chi connectivity index (χ3v) is 5.76. The molecule has 2 aliphatic rings. The molecule has 0 fully saturated rings. The fourth-order valence-corrected chi connectivity index (χ4v) is 4.44. The van der Waals surface area contributed by atoms with Crippen LogP contribution in [0.4, 0.5) is 0 Å². The van der Waals surface area contributed by atoms with Crippen LogP contribution in [0.1, 0.15) is 54.8 Å². The first kappa shape index (κ1) is 20.8. The molecule has 0 aliphatic heterocycles. The van der Waals surface area contributed by atoms with Crippen LogP contribution < -0.4 is 0 Å². The molecule has 0 amide bonds. The van der Waals surface area contributed by atoms with Gasteiger partial charge in [-0.1, -0.05) is 36.9 Å². The highest BCUT2D eigenvalue weighted by Gasteiger charge is 2.37. The van der Waals surface area contributed by atoms with Crippen molar-refractivity contribution in [3.05, 3.63) is 105 Å². The van der Waals surface area contributed by atoms with Gasteiger partial charge in [-0.15, -0.1) is 0 Å². The standard InChI is InChI=1S/C24H16O8/c1-10-6-16(21(25)26)17(22(27)28)7-13-11-4-2-3-5-12(11)20(10)15-9-19(24(31)32)18(23(29)30)8-14(13)15/h2-9,13,20H,1H2,(H,25,26)(H,27,28)(H,29,30)(H,31,32)/b16-6+,17-7+. The second-order valence-corrected chi connectivity index (χ2v) is 7.50. The summed E-state index contributed by atoms with van der Waals surface area (Å²) in [4.78, 5) is 47.5. The molecule has 0 radical (unpaired) electrons. The lowest BCUT2D eigenvalue weighted by molar-refractivity contribution is -0.136. The van der Waals surface area contributed by atoms with E-state index in [9.17, 15) is 39.6 Å². The van der Waals surface area contributed by atoms with Gasteiger partial charge in [0.15, 0.2) is 0 Å². The van der Waals surface area contributed by atoms with E-state index in [0.29, 0.717) is 22.3 Å². The van der Waals surface area contributed by atoms with Gasteiger partial charge in [0, 0.05) is 11.8 Å². The van der Waals surface area contributed by atoms with Gasteiger partial charge < -0.3 is 20.4 Å². The number of hydrogen-bond acceptors (Lipinski definition) is 4. The average molecular weight is 432 g/mol. The van der Waals surface area contributed by atoms with Crippen molar-refractivity contribution in [2.24, 2.45) is 0 Å². The van der Waals surface area contributed by atoms with Crippen molar-refractivity contribution in [1.29, 1.82) is 0 Å². The summed E-state index contributed by atoms with van der Waals surface area (Å²) in [5.41, 5.74) is 0.630. The Morgan fingerprint density at radius 2 is 1.22 bits per heavy atom. The summed E-state index contributed by atoms with van der Waals surface area (Å²) in [6, 6.07) is 9.50. The molecule has 0 heterocycles. The predicted octanol–water partition coefficient (Wildman–Crippen LogP) is 3.25. The quantitative estimate of drug-likeness (QED) is 0.575. The largest absolute Gasteiger partial charge is 0.478 e. The third-order valence-electron chi connectivity index (χ3n) is 5.76. The summed E-state index contributed by atoms with van der Waals surface area (Å²) in [5, 5.41) is 38.6. The highest BCUT2D eigenvalue weighted by Crippen LogP contribution is 2.49. The van der Waals surface area contributed by atoms with Gasteiger partial charge in [-0.3, -0.25) is 0 Å². The molecule has 8 nitrogen and oxygen atoms in total. The predicted molar refractivity (Wildman–Crippen MR) is 111 cm³/mol. The average Bonchev–Trinajstić information content (AvgIpc) is 2.82. The van der Waals surface area contributed by atoms with Gasteiger partial charge in [0.1, 0.15) is 0 Å². The van der Waals surface area contributed by atoms with Crippen LogP contribution in [0.15, 0.2) is 71.8 Å². The minimum Gasteiger partial charge on any atom is -0.478 e. The number of carbonyl (C=O) groups is 4. The molecule has 2 atom stereocenters. The normalized spacial score (nSPS) is 22.1. The van der Waals surface area contributed by atoms with E-state index in [1.165, 1.54) is 24.3 Å². The molecule has 2 aromatic carbocycles. The number of rotatable bonds is 4. The van der Waals surface area contributed by atoms with Crippen molar-refractivity contribution in [3.63, 3.8) is 0 Å². The Morgan fingerprint density at radius 3 is 1.75 bits per heavy atom. The first-order valence-corrected chi connectivity index (χ1v) is 9.44. The van der Waals surface area contributed by atoms with Crippen LogP contribution in [0.5, 0.6) is 0 Å². The molecule has 0 spiro atoms. The van der Waals surface area contributed by atoms with Crippen LogP contribution >= 0.6 is 0 Å². The number of hydrogen-bond donors (Lipinski definition) is 4. The second-order valence-electron chi connectivity index (χ2n) is 7.50. The van der Waals surface area contributed by atoms with Gasteiger partial charge in [0.25, 0.3) is 0 Å². The highest BCUT2D eigenvalue weighted by atomic mass is 16.4. The molecule has 4 rings (SSSR count). The minimum absolute atomic E-state index is 0.239. The zero-order valence-electron chi connectivity index (χ0n) is 16.4. The maximum absolute atomic E-state index is 12.0. The number of carboxylic acid groups (broad SMARTS) is 4. The summed E-state index contributed by atoms with van der Waals surface area (Å²) in [5.74, 6) is -7.28. The van der Waals surface area contributed by atoms with E-state index in [1.54, 1.807) is 24.3 Å². The van der Waals surface area contributed by atoms with Crippen molar-refractivity contribution in [3.8, 4) is 0 Å². The second kappa shape index (κ2) is 7.35. The molecule has 4 N–H and O–H groups in total. The van der Waals surface area contributed by atoms with Gasteiger partial charge in [-0.05, 0) is 46.0 Å². The summed E-state index contributed by atoms with van der Waals surface area (Å²) in [7, 11) is 0. The minimum atomic E-state index is -1.46. The summed E-state index contributed by atoms with van der Waals surface area (Å²) < 4.78 is 0. The Kier molecular flexibility index (Phi) is 4.78. The Hall–Kier alpha value is -4.46. The molecule has 32 heavy (non-hydrogen) atoms. The van der Waals surface area contributed by atoms with E-state index < -0.39 is 58.0 Å². The molecule has 2 bridgehead atoms. The first-order valence-electron chi connectivity index (χ1n) is 9.44. The monoisotopic (exact) mass is 432 g/mol. The maximum atomic E-state index is 12.0. The zero-order chi connectivity index (χ0) is 23.3. The molecule has 2 unspecified atom stereocenters.